The first kappa shape index (κ1) is 30.3. The van der Waals surface area contributed by atoms with Crippen LogP contribution in [0.5, 0.6) is 0 Å². The van der Waals surface area contributed by atoms with E-state index in [9.17, 15) is 9.59 Å². The molecule has 0 amide bonds. The summed E-state index contributed by atoms with van der Waals surface area (Å²) in [5.74, 6) is 0.421. The van der Waals surface area contributed by atoms with Gasteiger partial charge in [-0.15, -0.1) is 0 Å². The Morgan fingerprint density at radius 3 is 1.00 bits per heavy atom. The van der Waals surface area contributed by atoms with Gasteiger partial charge < -0.3 is 24.9 Å². The van der Waals surface area contributed by atoms with Crippen molar-refractivity contribution >= 4 is 11.6 Å². The lowest BCUT2D eigenvalue weighted by atomic mass is 10.4. The van der Waals surface area contributed by atoms with E-state index in [1.54, 1.807) is 13.8 Å². The average Bonchev–Trinajstić information content (AvgIpc) is 2.32. The lowest BCUT2D eigenvalue weighted by Gasteiger charge is -1.71. The Bertz CT molecular complexity index is 129. The highest BCUT2D eigenvalue weighted by Gasteiger charge is 1.76. The molecule has 0 heterocycles. The van der Waals surface area contributed by atoms with Gasteiger partial charge in [0.05, 0.1) is 0 Å². The highest BCUT2D eigenvalue weighted by molar-refractivity contribution is 5.74. The minimum Gasteiger partial charge on any atom is -0.400 e. The predicted molar refractivity (Wildman–Crippen MR) is 75.6 cm³/mol. The number of ketones is 2. The fourth-order valence-corrected chi connectivity index (χ4v) is 0. The molecule has 0 spiro atoms. The van der Waals surface area contributed by atoms with E-state index in [1.165, 1.54) is 13.8 Å². The molecule has 3 N–H and O–H groups in total. The number of carbonyl (C=O) groups is 2. The van der Waals surface area contributed by atoms with Crippen LogP contribution in [0.4, 0.5) is 0 Å². The number of Topliss-reactive ketones (excluding diaryl/α,β-unsaturated/α-hetero) is 2. The summed E-state index contributed by atoms with van der Waals surface area (Å²) in [6.45, 7) is 10.7. The molecule has 5 heteroatoms. The summed E-state index contributed by atoms with van der Waals surface area (Å²) in [6.07, 6.45) is 1.54. The van der Waals surface area contributed by atoms with Crippen molar-refractivity contribution in [2.24, 2.45) is 0 Å². The number of hydrogen-bond donors (Lipinski definition) is 3. The fraction of sp³-hybridized carbons (Fsp3) is 0.846. The minimum absolute atomic E-state index is 0.167. The monoisotopic (exact) mass is 268 g/mol. The van der Waals surface area contributed by atoms with Gasteiger partial charge in [0.1, 0.15) is 11.6 Å². The molecule has 0 aliphatic rings. The molecule has 0 bridgehead atoms. The molecule has 0 aromatic carbocycles. The Morgan fingerprint density at radius 2 is 1.00 bits per heavy atom. The number of aliphatic hydroxyl groups excluding tert-OH is 3. The first-order valence-electron chi connectivity index (χ1n) is 5.96. The zero-order valence-corrected chi connectivity index (χ0v) is 13.0. The molecule has 0 aliphatic carbocycles. The minimum atomic E-state index is 0.167. The van der Waals surface area contributed by atoms with Crippen LogP contribution in [-0.4, -0.2) is 47.2 Å². The third-order valence-electron chi connectivity index (χ3n) is 0.721. The zero-order valence-electron chi connectivity index (χ0n) is 13.0. The summed E-state index contributed by atoms with van der Waals surface area (Å²) in [6, 6.07) is 0. The molecular formula is C13H32O5. The van der Waals surface area contributed by atoms with Gasteiger partial charge in [-0.3, -0.25) is 0 Å². The maximum atomic E-state index is 9.81. The number of carbonyl (C=O) groups excluding carboxylic acids is 2. The van der Waals surface area contributed by atoms with Gasteiger partial charge in [-0.1, -0.05) is 13.8 Å². The summed E-state index contributed by atoms with van der Waals surface area (Å²) in [7, 11) is 1.00. The number of hydrogen-bond acceptors (Lipinski definition) is 5. The molecule has 5 nitrogen and oxygen atoms in total. The van der Waals surface area contributed by atoms with Gasteiger partial charge in [0.15, 0.2) is 0 Å². The van der Waals surface area contributed by atoms with Crippen molar-refractivity contribution in [2.75, 3.05) is 20.3 Å². The van der Waals surface area contributed by atoms with Crippen LogP contribution in [0.2, 0.25) is 0 Å². The maximum Gasteiger partial charge on any atom is 0.129 e. The smallest absolute Gasteiger partial charge is 0.129 e. The summed E-state index contributed by atoms with van der Waals surface area (Å²) < 4.78 is 0. The Balaban J connectivity index is -0.0000000404. The lowest BCUT2D eigenvalue weighted by Crippen LogP contribution is -1.80. The maximum absolute atomic E-state index is 9.81. The molecule has 0 fully saturated rings. The Kier molecular flexibility index (Phi) is 74.5. The van der Waals surface area contributed by atoms with E-state index in [1.807, 2.05) is 13.8 Å². The van der Waals surface area contributed by atoms with Gasteiger partial charge in [0, 0.05) is 26.7 Å². The second-order valence-electron chi connectivity index (χ2n) is 3.00. The standard InChI is InChI=1S/C4H8O.C3H6O.C3H8O.C2H6O.CH4O/c1-3-4(2)5;1-3(2)4;1-2-3-4;1-2-3;1-2/h3H2,1-2H3;1-2H3;4H,2-3H2,1H3;3H,2H2,1H3;2H,1H3. The van der Waals surface area contributed by atoms with Crippen molar-refractivity contribution in [3.8, 4) is 0 Å². The largest absolute Gasteiger partial charge is 0.400 e. The third-order valence-corrected chi connectivity index (χ3v) is 0.721. The van der Waals surface area contributed by atoms with Gasteiger partial charge in [-0.05, 0) is 34.1 Å². The van der Waals surface area contributed by atoms with E-state index in [2.05, 4.69) is 0 Å². The van der Waals surface area contributed by atoms with Gasteiger partial charge in [0.25, 0.3) is 0 Å². The first-order chi connectivity index (χ1) is 8.33. The highest BCUT2D eigenvalue weighted by Crippen LogP contribution is 1.71. The molecule has 0 aliphatic heterocycles. The van der Waals surface area contributed by atoms with E-state index >= 15 is 0 Å². The predicted octanol–water partition coefficient (Wildman–Crippen LogP) is 1.58. The van der Waals surface area contributed by atoms with Crippen molar-refractivity contribution in [3.63, 3.8) is 0 Å². The number of aliphatic hydroxyl groups is 3. The van der Waals surface area contributed by atoms with Gasteiger partial charge in [-0.25, -0.2) is 0 Å². The molecule has 0 saturated carbocycles. The van der Waals surface area contributed by atoms with Crippen LogP contribution in [0.3, 0.4) is 0 Å². The number of rotatable bonds is 2. The molecule has 0 atom stereocenters. The average molecular weight is 268 g/mol. The Hall–Kier alpha value is -0.780. The Labute approximate surface area is 112 Å². The summed E-state index contributed by atoms with van der Waals surface area (Å²) in [4.78, 5) is 19.3. The molecule has 0 unspecified atom stereocenters. The van der Waals surface area contributed by atoms with Crippen molar-refractivity contribution in [1.29, 1.82) is 0 Å². The zero-order chi connectivity index (χ0) is 16.0. The quantitative estimate of drug-likeness (QED) is 0.706. The van der Waals surface area contributed by atoms with E-state index in [0.717, 1.165) is 13.5 Å². The lowest BCUT2D eigenvalue weighted by molar-refractivity contribution is -0.117. The molecular weight excluding hydrogens is 236 g/mol. The molecule has 0 rings (SSSR count). The van der Waals surface area contributed by atoms with Crippen LogP contribution >= 0.6 is 0 Å². The van der Waals surface area contributed by atoms with E-state index in [-0.39, 0.29) is 18.2 Å². The molecule has 0 radical (unpaired) electrons. The van der Waals surface area contributed by atoms with Gasteiger partial charge in [0.2, 0.25) is 0 Å². The topological polar surface area (TPSA) is 94.8 Å². The van der Waals surface area contributed by atoms with Crippen molar-refractivity contribution in [1.82, 2.24) is 0 Å². The SMILES string of the molecule is CC(C)=O.CCC(C)=O.CCCO.CCO.CO. The van der Waals surface area contributed by atoms with Crippen molar-refractivity contribution in [2.45, 2.75) is 54.4 Å². The van der Waals surface area contributed by atoms with E-state index in [0.29, 0.717) is 13.0 Å². The molecule has 0 aromatic rings. The fourth-order valence-electron chi connectivity index (χ4n) is 0. The second kappa shape index (κ2) is 44.2. The molecule has 0 saturated heterocycles. The summed E-state index contributed by atoms with van der Waals surface area (Å²) in [5, 5.41) is 22.4. The van der Waals surface area contributed by atoms with Crippen LogP contribution in [0.25, 0.3) is 0 Å². The molecule has 0 aromatic heterocycles. The van der Waals surface area contributed by atoms with E-state index < -0.39 is 0 Å². The molecule has 18 heavy (non-hydrogen) atoms. The van der Waals surface area contributed by atoms with Crippen LogP contribution in [0, 0.1) is 0 Å². The Morgan fingerprint density at radius 1 is 0.889 bits per heavy atom. The third kappa shape index (κ3) is 624. The van der Waals surface area contributed by atoms with Crippen molar-refractivity contribution in [3.05, 3.63) is 0 Å². The summed E-state index contributed by atoms with van der Waals surface area (Å²) >= 11 is 0. The highest BCUT2D eigenvalue weighted by atomic mass is 16.3. The summed E-state index contributed by atoms with van der Waals surface area (Å²) in [5.41, 5.74) is 0. The van der Waals surface area contributed by atoms with Gasteiger partial charge in [-0.2, -0.15) is 0 Å². The van der Waals surface area contributed by atoms with E-state index in [4.69, 9.17) is 15.3 Å². The van der Waals surface area contributed by atoms with Crippen LogP contribution < -0.4 is 0 Å². The van der Waals surface area contributed by atoms with Crippen LogP contribution in [-0.2, 0) is 9.59 Å². The molecule has 114 valence electrons. The first-order valence-corrected chi connectivity index (χ1v) is 5.96. The normalized spacial score (nSPS) is 6.56. The second-order valence-corrected chi connectivity index (χ2v) is 3.00. The van der Waals surface area contributed by atoms with Crippen LogP contribution in [0.1, 0.15) is 54.4 Å². The van der Waals surface area contributed by atoms with Gasteiger partial charge >= 0.3 is 0 Å². The van der Waals surface area contributed by atoms with Crippen molar-refractivity contribution < 1.29 is 24.9 Å². The van der Waals surface area contributed by atoms with Crippen LogP contribution in [0.15, 0.2) is 0 Å².